The summed E-state index contributed by atoms with van der Waals surface area (Å²) in [6, 6.07) is 10.4. The van der Waals surface area contributed by atoms with Crippen molar-refractivity contribution in [2.45, 2.75) is 51.7 Å². The smallest absolute Gasteiger partial charge is 0.120 e. The van der Waals surface area contributed by atoms with E-state index in [0.717, 1.165) is 61.2 Å². The Bertz CT molecular complexity index is 778. The van der Waals surface area contributed by atoms with Crippen LogP contribution in [0.3, 0.4) is 0 Å². The van der Waals surface area contributed by atoms with E-state index in [4.69, 9.17) is 9.72 Å². The molecule has 1 aromatic carbocycles. The molecule has 140 valence electrons. The van der Waals surface area contributed by atoms with Gasteiger partial charge in [0.1, 0.15) is 5.75 Å². The predicted octanol–water partition coefficient (Wildman–Crippen LogP) is 4.01. The minimum Gasteiger partial charge on any atom is -0.494 e. The van der Waals surface area contributed by atoms with Gasteiger partial charge in [-0.05, 0) is 56.4 Å². The summed E-state index contributed by atoms with van der Waals surface area (Å²) < 4.78 is 5.58. The first kappa shape index (κ1) is 17.7. The topological polar surface area (TPSA) is 45.6 Å². The Balaban J connectivity index is 1.48. The summed E-state index contributed by atoms with van der Waals surface area (Å²) in [5.74, 6) is 1.97. The van der Waals surface area contributed by atoms with E-state index in [9.17, 15) is 5.11 Å². The maximum absolute atomic E-state index is 11.0. The summed E-state index contributed by atoms with van der Waals surface area (Å²) in [6.45, 7) is 7.77. The monoisotopic (exact) mass is 354 g/mol. The van der Waals surface area contributed by atoms with Crippen LogP contribution in [-0.4, -0.2) is 40.3 Å². The van der Waals surface area contributed by atoms with Crippen LogP contribution in [0.5, 0.6) is 5.75 Å². The van der Waals surface area contributed by atoms with Gasteiger partial charge in [-0.25, -0.2) is 0 Å². The number of hydrogen-bond acceptors (Lipinski definition) is 4. The number of fused-ring (bicyclic) bond motifs is 2. The van der Waals surface area contributed by atoms with Crippen molar-refractivity contribution in [1.29, 1.82) is 0 Å². The number of pyridine rings is 1. The number of aromatic nitrogens is 1. The van der Waals surface area contributed by atoms with E-state index in [1.54, 1.807) is 0 Å². The van der Waals surface area contributed by atoms with Crippen LogP contribution >= 0.6 is 0 Å². The Kier molecular flexibility index (Phi) is 4.89. The Hall–Kier alpha value is -1.65. The first-order valence-corrected chi connectivity index (χ1v) is 10.1. The van der Waals surface area contributed by atoms with Crippen molar-refractivity contribution in [2.24, 2.45) is 11.8 Å². The summed E-state index contributed by atoms with van der Waals surface area (Å²) in [4.78, 5) is 7.34. The third-order valence-electron chi connectivity index (χ3n) is 6.42. The molecule has 0 radical (unpaired) electrons. The van der Waals surface area contributed by atoms with Gasteiger partial charge in [-0.3, -0.25) is 9.88 Å². The maximum Gasteiger partial charge on any atom is 0.120 e. The zero-order chi connectivity index (χ0) is 18.1. The molecular formula is C22H30N2O2. The quantitative estimate of drug-likeness (QED) is 0.881. The first-order chi connectivity index (χ1) is 12.6. The minimum atomic E-state index is -0.454. The third kappa shape index (κ3) is 3.33. The summed E-state index contributed by atoms with van der Waals surface area (Å²) in [5, 5.41) is 12.1. The van der Waals surface area contributed by atoms with Gasteiger partial charge < -0.3 is 9.84 Å². The third-order valence-corrected chi connectivity index (χ3v) is 6.42. The van der Waals surface area contributed by atoms with Crippen LogP contribution in [0.4, 0.5) is 0 Å². The molecule has 1 aromatic heterocycles. The molecule has 0 spiro atoms. The van der Waals surface area contributed by atoms with E-state index in [1.165, 1.54) is 6.42 Å². The van der Waals surface area contributed by atoms with Crippen LogP contribution in [0.2, 0.25) is 0 Å². The highest BCUT2D eigenvalue weighted by Crippen LogP contribution is 2.44. The molecule has 2 heterocycles. The second-order valence-electron chi connectivity index (χ2n) is 8.00. The van der Waals surface area contributed by atoms with E-state index in [1.807, 2.05) is 19.1 Å². The fourth-order valence-corrected chi connectivity index (χ4v) is 5.01. The molecule has 4 heteroatoms. The Morgan fingerprint density at radius 3 is 2.92 bits per heavy atom. The zero-order valence-electron chi connectivity index (χ0n) is 15.9. The van der Waals surface area contributed by atoms with Gasteiger partial charge in [0.05, 0.1) is 23.4 Å². The standard InChI is InChI=1S/C22H30N2O2/c1-3-22(25)11-5-6-17-13-24(15-20(17)22)14-18-8-7-16-12-19(26-4-2)9-10-21(16)23-18/h7-10,12,17,20,25H,3-6,11,13-15H2,1-2H3/t17-,20+,22-/m0/s1. The van der Waals surface area contributed by atoms with E-state index >= 15 is 0 Å². The summed E-state index contributed by atoms with van der Waals surface area (Å²) in [6.07, 6.45) is 4.26. The molecule has 1 N–H and O–H groups in total. The second-order valence-corrected chi connectivity index (χ2v) is 8.00. The zero-order valence-corrected chi connectivity index (χ0v) is 15.9. The van der Waals surface area contributed by atoms with Crippen molar-refractivity contribution in [3.8, 4) is 5.75 Å². The molecule has 2 aromatic rings. The van der Waals surface area contributed by atoms with Gasteiger partial charge in [-0.2, -0.15) is 0 Å². The molecular weight excluding hydrogens is 324 g/mol. The number of ether oxygens (including phenoxy) is 1. The molecule has 1 aliphatic carbocycles. The predicted molar refractivity (Wildman–Crippen MR) is 104 cm³/mol. The number of likely N-dealkylation sites (tertiary alicyclic amines) is 1. The van der Waals surface area contributed by atoms with Gasteiger partial charge in [-0.1, -0.05) is 19.4 Å². The van der Waals surface area contributed by atoms with E-state index in [-0.39, 0.29) is 0 Å². The number of nitrogens with zero attached hydrogens (tertiary/aromatic N) is 2. The number of hydrogen-bond donors (Lipinski definition) is 1. The van der Waals surface area contributed by atoms with Crippen molar-refractivity contribution in [3.05, 3.63) is 36.0 Å². The highest BCUT2D eigenvalue weighted by molar-refractivity contribution is 5.80. The van der Waals surface area contributed by atoms with Gasteiger partial charge in [0.2, 0.25) is 0 Å². The van der Waals surface area contributed by atoms with Gasteiger partial charge in [0.15, 0.2) is 0 Å². The average molecular weight is 354 g/mol. The summed E-state index contributed by atoms with van der Waals surface area (Å²) >= 11 is 0. The molecule has 4 nitrogen and oxygen atoms in total. The fraction of sp³-hybridized carbons (Fsp3) is 0.591. The van der Waals surface area contributed by atoms with Gasteiger partial charge in [0, 0.05) is 30.9 Å². The van der Waals surface area contributed by atoms with E-state index in [2.05, 4.69) is 30.0 Å². The molecule has 1 aliphatic heterocycles. The molecule has 4 rings (SSSR count). The van der Waals surface area contributed by atoms with Crippen molar-refractivity contribution in [2.75, 3.05) is 19.7 Å². The van der Waals surface area contributed by atoms with Gasteiger partial charge >= 0.3 is 0 Å². The fourth-order valence-electron chi connectivity index (χ4n) is 5.01. The lowest BCUT2D eigenvalue weighted by Gasteiger charge is -2.40. The van der Waals surface area contributed by atoms with Crippen molar-refractivity contribution in [1.82, 2.24) is 9.88 Å². The second kappa shape index (κ2) is 7.16. The maximum atomic E-state index is 11.0. The molecule has 3 atom stereocenters. The molecule has 1 saturated carbocycles. The Labute approximate surface area is 156 Å². The Morgan fingerprint density at radius 2 is 2.12 bits per heavy atom. The van der Waals surface area contributed by atoms with E-state index < -0.39 is 5.60 Å². The van der Waals surface area contributed by atoms with Crippen LogP contribution < -0.4 is 4.74 Å². The van der Waals surface area contributed by atoms with Crippen LogP contribution in [-0.2, 0) is 6.54 Å². The molecule has 0 bridgehead atoms. The molecule has 1 saturated heterocycles. The van der Waals surface area contributed by atoms with Crippen molar-refractivity contribution >= 4 is 10.9 Å². The largest absolute Gasteiger partial charge is 0.494 e. The molecule has 2 fully saturated rings. The average Bonchev–Trinajstić information content (AvgIpc) is 3.06. The van der Waals surface area contributed by atoms with Gasteiger partial charge in [-0.15, -0.1) is 0 Å². The summed E-state index contributed by atoms with van der Waals surface area (Å²) in [7, 11) is 0. The van der Waals surface area contributed by atoms with Crippen molar-refractivity contribution < 1.29 is 9.84 Å². The van der Waals surface area contributed by atoms with Crippen molar-refractivity contribution in [3.63, 3.8) is 0 Å². The molecule has 2 aliphatic rings. The van der Waals surface area contributed by atoms with Crippen LogP contribution in [0, 0.1) is 11.8 Å². The van der Waals surface area contributed by atoms with Crippen LogP contribution in [0.1, 0.15) is 45.2 Å². The SMILES string of the molecule is CCOc1ccc2nc(CN3C[C@@H]4CCC[C@@](O)(CC)[C@@H]4C3)ccc2c1. The summed E-state index contributed by atoms with van der Waals surface area (Å²) in [5.41, 5.74) is 1.68. The van der Waals surface area contributed by atoms with Gasteiger partial charge in [0.25, 0.3) is 0 Å². The van der Waals surface area contributed by atoms with Crippen LogP contribution in [0.15, 0.2) is 30.3 Å². The lowest BCUT2D eigenvalue weighted by atomic mass is 9.69. The number of benzene rings is 1. The minimum absolute atomic E-state index is 0.426. The normalized spacial score (nSPS) is 29.0. The first-order valence-electron chi connectivity index (χ1n) is 10.1. The van der Waals surface area contributed by atoms with Crippen LogP contribution in [0.25, 0.3) is 10.9 Å². The lowest BCUT2D eigenvalue weighted by molar-refractivity contribution is -0.0613. The molecule has 0 amide bonds. The number of rotatable bonds is 5. The number of aliphatic hydroxyl groups is 1. The highest BCUT2D eigenvalue weighted by Gasteiger charge is 2.47. The molecule has 26 heavy (non-hydrogen) atoms. The molecule has 0 unspecified atom stereocenters. The highest BCUT2D eigenvalue weighted by atomic mass is 16.5. The van der Waals surface area contributed by atoms with E-state index in [0.29, 0.717) is 18.4 Å². The Morgan fingerprint density at radius 1 is 1.23 bits per heavy atom. The lowest BCUT2D eigenvalue weighted by Crippen LogP contribution is -2.44.